The number of ether oxygens (including phenoxy) is 1. The number of nitrogens with one attached hydrogen (secondary N) is 1. The molecule has 0 bridgehead atoms. The van der Waals surface area contributed by atoms with Gasteiger partial charge in [0.05, 0.1) is 6.04 Å². The number of hydrogen-bond donors (Lipinski definition) is 1. The summed E-state index contributed by atoms with van der Waals surface area (Å²) < 4.78 is 5.38. The van der Waals surface area contributed by atoms with E-state index < -0.39 is 0 Å². The summed E-state index contributed by atoms with van der Waals surface area (Å²) in [7, 11) is 0. The number of urea groups is 1. The van der Waals surface area contributed by atoms with E-state index in [2.05, 4.69) is 5.32 Å². The maximum Gasteiger partial charge on any atom is 0.318 e. The molecule has 3 rings (SSSR count). The fourth-order valence-corrected chi connectivity index (χ4v) is 3.52. The second-order valence-electron chi connectivity index (χ2n) is 5.93. The van der Waals surface area contributed by atoms with E-state index in [0.29, 0.717) is 24.5 Å². The summed E-state index contributed by atoms with van der Waals surface area (Å²) in [5.74, 6) is 0.893. The lowest BCUT2D eigenvalue weighted by molar-refractivity contribution is -0.121. The Morgan fingerprint density at radius 3 is 2.42 bits per heavy atom. The van der Waals surface area contributed by atoms with Crippen LogP contribution in [-0.2, 0) is 9.53 Å². The summed E-state index contributed by atoms with van der Waals surface area (Å²) in [5, 5.41) is 3.13. The molecular weight excluding hydrogens is 244 g/mol. The van der Waals surface area contributed by atoms with Gasteiger partial charge in [-0.15, -0.1) is 0 Å². The first kappa shape index (κ1) is 12.9. The Hall–Kier alpha value is -1.10. The summed E-state index contributed by atoms with van der Waals surface area (Å²) in [4.78, 5) is 25.4. The van der Waals surface area contributed by atoms with Crippen molar-refractivity contribution >= 4 is 11.8 Å². The van der Waals surface area contributed by atoms with E-state index in [4.69, 9.17) is 4.74 Å². The Kier molecular flexibility index (Phi) is 3.73. The van der Waals surface area contributed by atoms with Gasteiger partial charge in [-0.3, -0.25) is 4.79 Å². The van der Waals surface area contributed by atoms with Crippen LogP contribution in [-0.4, -0.2) is 48.6 Å². The van der Waals surface area contributed by atoms with E-state index in [9.17, 15) is 9.59 Å². The summed E-state index contributed by atoms with van der Waals surface area (Å²) in [6.07, 6.45) is 5.04. The van der Waals surface area contributed by atoms with Crippen molar-refractivity contribution in [3.05, 3.63) is 0 Å². The van der Waals surface area contributed by atoms with Gasteiger partial charge in [-0.25, -0.2) is 4.79 Å². The van der Waals surface area contributed by atoms with E-state index >= 15 is 0 Å². The van der Waals surface area contributed by atoms with Crippen LogP contribution < -0.4 is 5.32 Å². The van der Waals surface area contributed by atoms with Gasteiger partial charge in [0.25, 0.3) is 0 Å². The highest BCUT2D eigenvalue weighted by Gasteiger charge is 2.38. The van der Waals surface area contributed by atoms with E-state index in [0.717, 1.165) is 45.4 Å². The van der Waals surface area contributed by atoms with Crippen molar-refractivity contribution in [2.24, 2.45) is 5.92 Å². The normalized spacial score (nSPS) is 30.7. The molecule has 5 heteroatoms. The molecule has 1 unspecified atom stereocenters. The van der Waals surface area contributed by atoms with Crippen LogP contribution in [0.2, 0.25) is 0 Å². The Morgan fingerprint density at radius 2 is 1.74 bits per heavy atom. The largest absolute Gasteiger partial charge is 0.381 e. The van der Waals surface area contributed by atoms with Gasteiger partial charge in [0, 0.05) is 38.6 Å². The minimum atomic E-state index is 0.0656. The zero-order valence-electron chi connectivity index (χ0n) is 11.3. The van der Waals surface area contributed by atoms with Crippen LogP contribution in [0.4, 0.5) is 4.79 Å². The van der Waals surface area contributed by atoms with Crippen LogP contribution in [0.1, 0.15) is 38.5 Å². The molecule has 3 aliphatic rings. The van der Waals surface area contributed by atoms with Crippen molar-refractivity contribution in [1.82, 2.24) is 10.2 Å². The summed E-state index contributed by atoms with van der Waals surface area (Å²) in [6, 6.07) is 0.604. The zero-order valence-corrected chi connectivity index (χ0v) is 11.3. The van der Waals surface area contributed by atoms with Crippen LogP contribution in [0, 0.1) is 5.92 Å². The first-order valence-corrected chi connectivity index (χ1v) is 7.40. The monoisotopic (exact) mass is 266 g/mol. The van der Waals surface area contributed by atoms with Crippen molar-refractivity contribution < 1.29 is 14.3 Å². The van der Waals surface area contributed by atoms with Gasteiger partial charge in [-0.2, -0.15) is 0 Å². The van der Waals surface area contributed by atoms with Crippen molar-refractivity contribution in [3.8, 4) is 0 Å². The Bertz CT molecular complexity index is 356. The standard InChI is InChI=1S/C14H22N2O3/c17-12-3-1-11(2-4-12)16-9-13(15-14(16)18)10-5-7-19-8-6-10/h10-11,13H,1-9H2,(H,15,18). The number of ketones is 1. The second kappa shape index (κ2) is 5.49. The molecule has 2 amide bonds. The highest BCUT2D eigenvalue weighted by molar-refractivity contribution is 5.80. The molecule has 2 saturated heterocycles. The number of carbonyl (C=O) groups excluding carboxylic acids is 2. The second-order valence-corrected chi connectivity index (χ2v) is 5.93. The highest BCUT2D eigenvalue weighted by Crippen LogP contribution is 2.27. The fourth-order valence-electron chi connectivity index (χ4n) is 3.52. The van der Waals surface area contributed by atoms with Gasteiger partial charge >= 0.3 is 6.03 Å². The lowest BCUT2D eigenvalue weighted by atomic mass is 9.90. The molecule has 2 aliphatic heterocycles. The van der Waals surface area contributed by atoms with E-state index in [1.54, 1.807) is 0 Å². The minimum Gasteiger partial charge on any atom is -0.381 e. The molecule has 0 aromatic carbocycles. The fraction of sp³-hybridized carbons (Fsp3) is 0.857. The van der Waals surface area contributed by atoms with Gasteiger partial charge in [0.2, 0.25) is 0 Å². The number of hydrogen-bond acceptors (Lipinski definition) is 3. The molecule has 2 heterocycles. The van der Waals surface area contributed by atoms with E-state index in [-0.39, 0.29) is 18.1 Å². The minimum absolute atomic E-state index is 0.0656. The maximum atomic E-state index is 12.1. The van der Waals surface area contributed by atoms with Crippen molar-refractivity contribution in [3.63, 3.8) is 0 Å². The summed E-state index contributed by atoms with van der Waals surface area (Å²) >= 11 is 0. The third kappa shape index (κ3) is 2.76. The molecule has 1 aliphatic carbocycles. The number of carbonyl (C=O) groups is 2. The molecule has 0 radical (unpaired) electrons. The van der Waals surface area contributed by atoms with Gasteiger partial charge in [0.15, 0.2) is 0 Å². The molecule has 0 aromatic heterocycles. The molecule has 1 atom stereocenters. The molecular formula is C14H22N2O3. The van der Waals surface area contributed by atoms with Crippen molar-refractivity contribution in [2.45, 2.75) is 50.6 Å². The number of nitrogens with zero attached hydrogens (tertiary/aromatic N) is 1. The van der Waals surface area contributed by atoms with Crippen LogP contribution in [0.15, 0.2) is 0 Å². The lowest BCUT2D eigenvalue weighted by Gasteiger charge is -2.31. The average molecular weight is 266 g/mol. The van der Waals surface area contributed by atoms with Crippen molar-refractivity contribution in [1.29, 1.82) is 0 Å². The lowest BCUT2D eigenvalue weighted by Crippen LogP contribution is -2.40. The average Bonchev–Trinajstić information content (AvgIpc) is 2.83. The molecule has 1 N–H and O–H groups in total. The first-order chi connectivity index (χ1) is 9.24. The van der Waals surface area contributed by atoms with Crippen LogP contribution in [0.3, 0.4) is 0 Å². The quantitative estimate of drug-likeness (QED) is 0.820. The van der Waals surface area contributed by atoms with Gasteiger partial charge < -0.3 is 15.0 Å². The number of Topliss-reactive ketones (excluding diaryl/α,β-unsaturated/α-hetero) is 1. The number of rotatable bonds is 2. The molecule has 5 nitrogen and oxygen atoms in total. The van der Waals surface area contributed by atoms with Crippen LogP contribution >= 0.6 is 0 Å². The molecule has 19 heavy (non-hydrogen) atoms. The van der Waals surface area contributed by atoms with Gasteiger partial charge in [-0.05, 0) is 31.6 Å². The number of amides is 2. The maximum absolute atomic E-state index is 12.1. The summed E-state index contributed by atoms with van der Waals surface area (Å²) in [5.41, 5.74) is 0. The molecule has 0 spiro atoms. The smallest absolute Gasteiger partial charge is 0.318 e. The highest BCUT2D eigenvalue weighted by atomic mass is 16.5. The van der Waals surface area contributed by atoms with E-state index in [1.165, 1.54) is 0 Å². The van der Waals surface area contributed by atoms with Gasteiger partial charge in [0.1, 0.15) is 5.78 Å². The van der Waals surface area contributed by atoms with E-state index in [1.807, 2.05) is 4.90 Å². The topological polar surface area (TPSA) is 58.6 Å². The molecule has 3 fully saturated rings. The van der Waals surface area contributed by atoms with Crippen molar-refractivity contribution in [2.75, 3.05) is 19.8 Å². The molecule has 106 valence electrons. The van der Waals surface area contributed by atoms with Gasteiger partial charge in [-0.1, -0.05) is 0 Å². The molecule has 0 aromatic rings. The SMILES string of the molecule is O=C1CCC(N2CC(C3CCOCC3)NC2=O)CC1. The molecule has 1 saturated carbocycles. The first-order valence-electron chi connectivity index (χ1n) is 7.40. The Balaban J connectivity index is 1.58. The van der Waals surface area contributed by atoms with Crippen LogP contribution in [0.25, 0.3) is 0 Å². The summed E-state index contributed by atoms with van der Waals surface area (Å²) in [6.45, 7) is 2.44. The predicted octanol–water partition coefficient (Wildman–Crippen LogP) is 1.32. The third-order valence-electron chi connectivity index (χ3n) is 4.75. The Labute approximate surface area is 113 Å². The third-order valence-corrected chi connectivity index (χ3v) is 4.75. The zero-order chi connectivity index (χ0) is 13.2. The van der Waals surface area contributed by atoms with Crippen LogP contribution in [0.5, 0.6) is 0 Å². The Morgan fingerprint density at radius 1 is 1.05 bits per heavy atom. The predicted molar refractivity (Wildman–Crippen MR) is 69.8 cm³/mol.